The summed E-state index contributed by atoms with van der Waals surface area (Å²) >= 11 is 3.36. The molecule has 1 aromatic rings. The Morgan fingerprint density at radius 2 is 2.41 bits per heavy atom. The Hall–Kier alpha value is -1.09. The molecule has 1 aliphatic rings. The lowest BCUT2D eigenvalue weighted by Gasteiger charge is -2.21. The lowest BCUT2D eigenvalue weighted by atomic mass is 10.0. The zero-order valence-corrected chi connectivity index (χ0v) is 10.8. The second kappa shape index (κ2) is 5.05. The minimum Gasteiger partial charge on any atom is -0.386 e. The molecule has 5 heteroatoms. The number of benzene rings is 1. The van der Waals surface area contributed by atoms with Gasteiger partial charge in [-0.25, -0.2) is 0 Å². The van der Waals surface area contributed by atoms with Crippen molar-refractivity contribution in [1.82, 2.24) is 0 Å². The van der Waals surface area contributed by atoms with Gasteiger partial charge >= 0.3 is 0 Å². The average molecular weight is 297 g/mol. The molecule has 1 aliphatic heterocycles. The monoisotopic (exact) mass is 296 g/mol. The van der Waals surface area contributed by atoms with E-state index < -0.39 is 5.60 Å². The highest BCUT2D eigenvalue weighted by molar-refractivity contribution is 9.10. The van der Waals surface area contributed by atoms with Gasteiger partial charge in [-0.1, -0.05) is 15.9 Å². The molecule has 90 valence electrons. The van der Waals surface area contributed by atoms with Crippen molar-refractivity contribution >= 4 is 21.6 Å². The third-order valence-electron chi connectivity index (χ3n) is 2.79. The minimum atomic E-state index is -0.824. The quantitative estimate of drug-likeness (QED) is 0.894. The number of anilines is 1. The Kier molecular flexibility index (Phi) is 3.67. The van der Waals surface area contributed by atoms with Crippen LogP contribution in [0.3, 0.4) is 0 Å². The first-order chi connectivity index (χ1) is 8.13. The second-order valence-electron chi connectivity index (χ2n) is 4.18. The number of nitrogens with one attached hydrogen (secondary N) is 1. The van der Waals surface area contributed by atoms with E-state index in [9.17, 15) is 5.11 Å². The van der Waals surface area contributed by atoms with E-state index >= 15 is 0 Å². The normalized spacial score (nSPS) is 23.4. The summed E-state index contributed by atoms with van der Waals surface area (Å²) in [5, 5.41) is 22.2. The summed E-state index contributed by atoms with van der Waals surface area (Å²) < 4.78 is 6.06. The molecule has 0 radical (unpaired) electrons. The highest BCUT2D eigenvalue weighted by Crippen LogP contribution is 2.23. The highest BCUT2D eigenvalue weighted by atomic mass is 79.9. The molecule has 1 fully saturated rings. The van der Waals surface area contributed by atoms with Crippen molar-refractivity contribution in [2.75, 3.05) is 25.1 Å². The number of hydrogen-bond donors (Lipinski definition) is 2. The van der Waals surface area contributed by atoms with E-state index in [1.54, 1.807) is 6.07 Å². The molecule has 1 saturated heterocycles. The van der Waals surface area contributed by atoms with E-state index in [1.807, 2.05) is 12.1 Å². The Morgan fingerprint density at radius 3 is 3.06 bits per heavy atom. The highest BCUT2D eigenvalue weighted by Gasteiger charge is 2.32. The summed E-state index contributed by atoms with van der Waals surface area (Å²) in [4.78, 5) is 0. The van der Waals surface area contributed by atoms with Crippen LogP contribution in [-0.2, 0) is 4.74 Å². The van der Waals surface area contributed by atoms with Gasteiger partial charge in [-0.3, -0.25) is 0 Å². The lowest BCUT2D eigenvalue weighted by molar-refractivity contribution is 0.0382. The topological polar surface area (TPSA) is 65.3 Å². The van der Waals surface area contributed by atoms with E-state index in [1.165, 1.54) is 0 Å². The fourth-order valence-electron chi connectivity index (χ4n) is 1.76. The molecule has 0 bridgehead atoms. The maximum Gasteiger partial charge on any atom is 0.107 e. The molecule has 4 nitrogen and oxygen atoms in total. The van der Waals surface area contributed by atoms with Gasteiger partial charge in [0.2, 0.25) is 0 Å². The molecule has 1 atom stereocenters. The van der Waals surface area contributed by atoms with Gasteiger partial charge in [0, 0.05) is 24.0 Å². The van der Waals surface area contributed by atoms with Crippen LogP contribution in [0.1, 0.15) is 12.0 Å². The van der Waals surface area contributed by atoms with E-state index in [0.717, 1.165) is 10.2 Å². The van der Waals surface area contributed by atoms with Crippen LogP contribution in [0.25, 0.3) is 0 Å². The first kappa shape index (κ1) is 12.4. The maximum absolute atomic E-state index is 10.1. The third kappa shape index (κ3) is 2.97. The summed E-state index contributed by atoms with van der Waals surface area (Å²) in [5.41, 5.74) is 0.465. The summed E-state index contributed by atoms with van der Waals surface area (Å²) in [5.74, 6) is 0. The van der Waals surface area contributed by atoms with Gasteiger partial charge in [-0.05, 0) is 18.2 Å². The van der Waals surface area contributed by atoms with Gasteiger partial charge in [0.1, 0.15) is 11.7 Å². The van der Waals surface area contributed by atoms with E-state index in [4.69, 9.17) is 10.00 Å². The van der Waals surface area contributed by atoms with Crippen LogP contribution in [0.15, 0.2) is 22.7 Å². The summed E-state index contributed by atoms with van der Waals surface area (Å²) in [6.45, 7) is 1.32. The Bertz CT molecular complexity index is 450. The molecule has 0 saturated carbocycles. The minimum absolute atomic E-state index is 0.343. The Labute approximate surface area is 108 Å². The maximum atomic E-state index is 10.1. The molecule has 1 unspecified atom stereocenters. The van der Waals surface area contributed by atoms with Crippen molar-refractivity contribution in [2.45, 2.75) is 12.0 Å². The van der Waals surface area contributed by atoms with Crippen molar-refractivity contribution < 1.29 is 9.84 Å². The summed E-state index contributed by atoms with van der Waals surface area (Å²) in [6, 6.07) is 7.50. The van der Waals surface area contributed by atoms with E-state index in [2.05, 4.69) is 27.3 Å². The third-order valence-corrected chi connectivity index (χ3v) is 3.29. The van der Waals surface area contributed by atoms with Gasteiger partial charge in [-0.2, -0.15) is 5.26 Å². The molecule has 1 heterocycles. The number of nitrogens with zero attached hydrogens (tertiary/aromatic N) is 1. The van der Waals surface area contributed by atoms with Crippen LogP contribution in [0.5, 0.6) is 0 Å². The van der Waals surface area contributed by atoms with Crippen LogP contribution < -0.4 is 5.32 Å². The largest absolute Gasteiger partial charge is 0.386 e. The number of hydrogen-bond acceptors (Lipinski definition) is 4. The average Bonchev–Trinajstić information content (AvgIpc) is 2.74. The molecular weight excluding hydrogens is 284 g/mol. The number of halogens is 1. The van der Waals surface area contributed by atoms with Crippen molar-refractivity contribution in [1.29, 1.82) is 5.26 Å². The molecule has 0 spiro atoms. The number of nitriles is 1. The smallest absolute Gasteiger partial charge is 0.107 e. The standard InChI is InChI=1S/C12H13BrN2O2/c13-10-2-1-9(6-14)11(5-10)15-7-12(16)3-4-17-8-12/h1-2,5,15-16H,3-4,7-8H2. The van der Waals surface area contributed by atoms with E-state index in [-0.39, 0.29) is 0 Å². The van der Waals surface area contributed by atoms with Crippen LogP contribution >= 0.6 is 15.9 Å². The molecule has 0 aromatic heterocycles. The van der Waals surface area contributed by atoms with Crippen LogP contribution in [0, 0.1) is 11.3 Å². The predicted molar refractivity (Wildman–Crippen MR) is 67.7 cm³/mol. The predicted octanol–water partition coefficient (Wildman–Crippen LogP) is 1.88. The molecule has 2 N–H and O–H groups in total. The number of ether oxygens (including phenoxy) is 1. The van der Waals surface area contributed by atoms with E-state index in [0.29, 0.717) is 31.7 Å². The van der Waals surface area contributed by atoms with Gasteiger partial charge in [-0.15, -0.1) is 0 Å². The molecule has 0 aliphatic carbocycles. The molecule has 1 aromatic carbocycles. The Morgan fingerprint density at radius 1 is 1.59 bits per heavy atom. The van der Waals surface area contributed by atoms with Crippen molar-refractivity contribution in [3.63, 3.8) is 0 Å². The lowest BCUT2D eigenvalue weighted by Crippen LogP contribution is -2.37. The number of aliphatic hydroxyl groups is 1. The molecular formula is C12H13BrN2O2. The van der Waals surface area contributed by atoms with Gasteiger partial charge in [0.05, 0.1) is 17.9 Å². The molecule has 0 amide bonds. The van der Waals surface area contributed by atoms with Gasteiger partial charge < -0.3 is 15.2 Å². The zero-order chi connectivity index (χ0) is 12.3. The summed E-state index contributed by atoms with van der Waals surface area (Å²) in [7, 11) is 0. The van der Waals surface area contributed by atoms with Crippen molar-refractivity contribution in [3.8, 4) is 6.07 Å². The van der Waals surface area contributed by atoms with Crippen molar-refractivity contribution in [3.05, 3.63) is 28.2 Å². The van der Waals surface area contributed by atoms with Crippen LogP contribution in [-0.4, -0.2) is 30.5 Å². The van der Waals surface area contributed by atoms with Crippen LogP contribution in [0.4, 0.5) is 5.69 Å². The molecule has 2 rings (SSSR count). The van der Waals surface area contributed by atoms with Crippen molar-refractivity contribution in [2.24, 2.45) is 0 Å². The second-order valence-corrected chi connectivity index (χ2v) is 5.10. The Balaban J connectivity index is 2.08. The fourth-order valence-corrected chi connectivity index (χ4v) is 2.12. The fraction of sp³-hybridized carbons (Fsp3) is 0.417. The van der Waals surface area contributed by atoms with Gasteiger partial charge in [0.25, 0.3) is 0 Å². The zero-order valence-electron chi connectivity index (χ0n) is 9.24. The first-order valence-electron chi connectivity index (χ1n) is 5.37. The van der Waals surface area contributed by atoms with Gasteiger partial charge in [0.15, 0.2) is 0 Å². The molecule has 17 heavy (non-hydrogen) atoms. The first-order valence-corrected chi connectivity index (χ1v) is 6.16. The SMILES string of the molecule is N#Cc1ccc(Br)cc1NCC1(O)CCOC1. The summed E-state index contributed by atoms with van der Waals surface area (Å²) in [6.07, 6.45) is 0.621. The number of rotatable bonds is 3. The van der Waals surface area contributed by atoms with Crippen LogP contribution in [0.2, 0.25) is 0 Å².